The zero-order chi connectivity index (χ0) is 18.5. The summed E-state index contributed by atoms with van der Waals surface area (Å²) in [7, 11) is 1.58. The molecule has 0 aliphatic carbocycles. The van der Waals surface area contributed by atoms with Gasteiger partial charge >= 0.3 is 5.97 Å². The summed E-state index contributed by atoms with van der Waals surface area (Å²) < 4.78 is 22.4. The number of β-lactam (4-membered cyclic amide) rings is 1. The van der Waals surface area contributed by atoms with E-state index in [0.29, 0.717) is 24.5 Å². The summed E-state index contributed by atoms with van der Waals surface area (Å²) >= 11 is 0. The standard InChI is InChI=1S/C19H21NO6/c1-18(2)24-11-14(25-18)16-19(10-4-5-15(21)26-19)17(22)20(16)12-6-8-13(23-3)9-7-12/h4-9,14,16H,10-11H2,1-3H3/t14-,16+,19-/m1/s1. The van der Waals surface area contributed by atoms with E-state index < -0.39 is 29.5 Å². The number of carbonyl (C=O) groups excluding carboxylic acids is 2. The summed E-state index contributed by atoms with van der Waals surface area (Å²) in [5.74, 6) is -0.813. The lowest BCUT2D eigenvalue weighted by Crippen LogP contribution is -2.79. The highest BCUT2D eigenvalue weighted by molar-refractivity contribution is 6.10. The third-order valence-electron chi connectivity index (χ3n) is 5.03. The van der Waals surface area contributed by atoms with Crippen LogP contribution >= 0.6 is 0 Å². The van der Waals surface area contributed by atoms with Crippen LogP contribution in [0, 0.1) is 0 Å². The van der Waals surface area contributed by atoms with Gasteiger partial charge in [-0.15, -0.1) is 0 Å². The molecule has 0 radical (unpaired) electrons. The van der Waals surface area contributed by atoms with E-state index in [2.05, 4.69) is 0 Å². The Hall–Kier alpha value is -2.38. The van der Waals surface area contributed by atoms with Gasteiger partial charge in [-0.3, -0.25) is 9.69 Å². The zero-order valence-corrected chi connectivity index (χ0v) is 14.9. The van der Waals surface area contributed by atoms with E-state index in [0.717, 1.165) is 0 Å². The van der Waals surface area contributed by atoms with E-state index in [9.17, 15) is 9.59 Å². The van der Waals surface area contributed by atoms with Gasteiger partial charge in [-0.2, -0.15) is 0 Å². The number of nitrogens with zero attached hydrogens (tertiary/aromatic N) is 1. The number of ether oxygens (including phenoxy) is 4. The number of rotatable bonds is 3. The first-order valence-electron chi connectivity index (χ1n) is 8.55. The predicted octanol–water partition coefficient (Wildman–Crippen LogP) is 1.80. The van der Waals surface area contributed by atoms with Gasteiger partial charge in [0.1, 0.15) is 17.9 Å². The van der Waals surface area contributed by atoms with Gasteiger partial charge in [0.15, 0.2) is 5.79 Å². The number of anilines is 1. The minimum atomic E-state index is -1.24. The molecule has 1 amide bonds. The molecule has 1 aromatic carbocycles. The lowest BCUT2D eigenvalue weighted by molar-refractivity contribution is -0.190. The molecule has 3 atom stereocenters. The first-order chi connectivity index (χ1) is 12.4. The molecule has 4 rings (SSSR count). The maximum Gasteiger partial charge on any atom is 0.331 e. The Morgan fingerprint density at radius 3 is 2.50 bits per heavy atom. The number of esters is 1. The summed E-state index contributed by atoms with van der Waals surface area (Å²) in [6, 6.07) is 6.72. The van der Waals surface area contributed by atoms with E-state index in [-0.39, 0.29) is 5.91 Å². The van der Waals surface area contributed by atoms with Crippen molar-refractivity contribution < 1.29 is 28.5 Å². The summed E-state index contributed by atoms with van der Waals surface area (Å²) in [5.41, 5.74) is -0.537. The van der Waals surface area contributed by atoms with E-state index in [1.165, 1.54) is 6.08 Å². The largest absolute Gasteiger partial charge is 0.497 e. The smallest absolute Gasteiger partial charge is 0.331 e. The van der Waals surface area contributed by atoms with Gasteiger partial charge in [-0.05, 0) is 38.1 Å². The Bertz CT molecular complexity index is 771. The highest BCUT2D eigenvalue weighted by Crippen LogP contribution is 2.47. The molecule has 26 heavy (non-hydrogen) atoms. The molecule has 7 nitrogen and oxygen atoms in total. The van der Waals surface area contributed by atoms with Crippen molar-refractivity contribution in [2.24, 2.45) is 0 Å². The molecule has 0 unspecified atom stereocenters. The Morgan fingerprint density at radius 2 is 1.92 bits per heavy atom. The van der Waals surface area contributed by atoms with E-state index in [4.69, 9.17) is 18.9 Å². The Labute approximate surface area is 151 Å². The number of methoxy groups -OCH3 is 1. The van der Waals surface area contributed by atoms with Crippen molar-refractivity contribution >= 4 is 17.6 Å². The number of carbonyl (C=O) groups is 2. The Morgan fingerprint density at radius 1 is 1.19 bits per heavy atom. The molecular weight excluding hydrogens is 338 g/mol. The molecule has 3 aliphatic rings. The molecular formula is C19H21NO6. The third-order valence-corrected chi connectivity index (χ3v) is 5.03. The van der Waals surface area contributed by atoms with Gasteiger partial charge in [0.25, 0.3) is 5.91 Å². The summed E-state index contributed by atoms with van der Waals surface area (Å²) in [6.45, 7) is 3.97. The van der Waals surface area contributed by atoms with Crippen molar-refractivity contribution in [2.45, 2.75) is 43.8 Å². The molecule has 1 spiro atoms. The number of benzene rings is 1. The molecule has 0 N–H and O–H groups in total. The molecule has 0 aromatic heterocycles. The average molecular weight is 359 g/mol. The van der Waals surface area contributed by atoms with Crippen molar-refractivity contribution in [3.05, 3.63) is 36.4 Å². The Balaban J connectivity index is 1.70. The lowest BCUT2D eigenvalue weighted by Gasteiger charge is -2.56. The van der Waals surface area contributed by atoms with Crippen LogP contribution < -0.4 is 9.64 Å². The van der Waals surface area contributed by atoms with Crippen molar-refractivity contribution in [1.29, 1.82) is 0 Å². The van der Waals surface area contributed by atoms with Gasteiger partial charge in [-0.25, -0.2) is 4.79 Å². The van der Waals surface area contributed by atoms with Crippen LogP contribution in [-0.2, 0) is 23.8 Å². The summed E-state index contributed by atoms with van der Waals surface area (Å²) in [6.07, 6.45) is 2.96. The quantitative estimate of drug-likeness (QED) is 0.605. The molecule has 1 aromatic rings. The number of amides is 1. The van der Waals surface area contributed by atoms with Gasteiger partial charge in [0.05, 0.1) is 13.7 Å². The molecule has 2 fully saturated rings. The number of hydrogen-bond acceptors (Lipinski definition) is 6. The van der Waals surface area contributed by atoms with E-state index >= 15 is 0 Å². The highest BCUT2D eigenvalue weighted by atomic mass is 16.7. The third kappa shape index (κ3) is 2.50. The van der Waals surface area contributed by atoms with E-state index in [1.807, 2.05) is 13.8 Å². The van der Waals surface area contributed by atoms with Crippen LogP contribution in [0.25, 0.3) is 0 Å². The van der Waals surface area contributed by atoms with Gasteiger partial charge in [-0.1, -0.05) is 6.08 Å². The monoisotopic (exact) mass is 359 g/mol. The second-order valence-corrected chi connectivity index (χ2v) is 7.10. The van der Waals surface area contributed by atoms with Gasteiger partial charge in [0, 0.05) is 18.2 Å². The molecule has 2 saturated heterocycles. The molecule has 0 bridgehead atoms. The van der Waals surface area contributed by atoms with Crippen molar-refractivity contribution in [3.63, 3.8) is 0 Å². The maximum absolute atomic E-state index is 13.1. The van der Waals surface area contributed by atoms with Crippen LogP contribution in [-0.4, -0.2) is 49.1 Å². The summed E-state index contributed by atoms with van der Waals surface area (Å²) in [5, 5.41) is 0. The first kappa shape index (κ1) is 17.1. The highest BCUT2D eigenvalue weighted by Gasteiger charge is 2.68. The molecule has 138 valence electrons. The van der Waals surface area contributed by atoms with Crippen LogP contribution in [0.5, 0.6) is 5.75 Å². The SMILES string of the molecule is COc1ccc(N2C(=O)[C@@]3(CC=CC(=O)O3)[C@@H]2[C@H]2COC(C)(C)O2)cc1. The van der Waals surface area contributed by atoms with E-state index in [1.54, 1.807) is 42.4 Å². The molecule has 7 heteroatoms. The van der Waals surface area contributed by atoms with Crippen LogP contribution in [0.1, 0.15) is 20.3 Å². The van der Waals surface area contributed by atoms with Gasteiger partial charge in [0.2, 0.25) is 5.60 Å². The normalized spacial score (nSPS) is 32.5. The van der Waals surface area contributed by atoms with Crippen LogP contribution in [0.15, 0.2) is 36.4 Å². The van der Waals surface area contributed by atoms with Crippen molar-refractivity contribution in [2.75, 3.05) is 18.6 Å². The fourth-order valence-electron chi connectivity index (χ4n) is 3.85. The number of hydrogen-bond donors (Lipinski definition) is 0. The maximum atomic E-state index is 13.1. The second-order valence-electron chi connectivity index (χ2n) is 7.10. The van der Waals surface area contributed by atoms with Crippen molar-refractivity contribution in [1.82, 2.24) is 0 Å². The van der Waals surface area contributed by atoms with Crippen LogP contribution in [0.3, 0.4) is 0 Å². The fourth-order valence-corrected chi connectivity index (χ4v) is 3.85. The minimum absolute atomic E-state index is 0.251. The summed E-state index contributed by atoms with van der Waals surface area (Å²) in [4.78, 5) is 26.5. The first-order valence-corrected chi connectivity index (χ1v) is 8.55. The second kappa shape index (κ2) is 5.82. The van der Waals surface area contributed by atoms with Gasteiger partial charge < -0.3 is 18.9 Å². The fraction of sp³-hybridized carbons (Fsp3) is 0.474. The topological polar surface area (TPSA) is 74.3 Å². The molecule has 3 aliphatic heterocycles. The minimum Gasteiger partial charge on any atom is -0.497 e. The predicted molar refractivity (Wildman–Crippen MR) is 91.8 cm³/mol. The molecule has 3 heterocycles. The Kier molecular flexibility index (Phi) is 3.82. The van der Waals surface area contributed by atoms with Crippen molar-refractivity contribution in [3.8, 4) is 5.75 Å². The lowest BCUT2D eigenvalue weighted by atomic mass is 9.75. The van der Waals surface area contributed by atoms with Crippen LogP contribution in [0.2, 0.25) is 0 Å². The van der Waals surface area contributed by atoms with Crippen LogP contribution in [0.4, 0.5) is 5.69 Å². The average Bonchev–Trinajstić information content (AvgIpc) is 2.98. The zero-order valence-electron chi connectivity index (χ0n) is 14.9. The molecule has 0 saturated carbocycles.